The second-order valence-electron chi connectivity index (χ2n) is 8.79. The molecular formula is C26H31BrN4O4. The molecule has 1 saturated heterocycles. The van der Waals surface area contributed by atoms with Gasteiger partial charge in [0.15, 0.2) is 0 Å². The summed E-state index contributed by atoms with van der Waals surface area (Å²) in [6.45, 7) is 6.84. The van der Waals surface area contributed by atoms with Crippen LogP contribution >= 0.6 is 15.9 Å². The molecule has 4 aromatic rings. The highest BCUT2D eigenvalue weighted by Crippen LogP contribution is 2.38. The molecule has 5 rings (SSSR count). The summed E-state index contributed by atoms with van der Waals surface area (Å²) in [6, 6.07) is 10.2. The smallest absolute Gasteiger partial charge is 0.283 e. The molecule has 186 valence electrons. The molecule has 0 radical (unpaired) electrons. The minimum atomic E-state index is -0.228. The van der Waals surface area contributed by atoms with E-state index in [2.05, 4.69) is 54.3 Å². The molecule has 2 aromatic heterocycles. The van der Waals surface area contributed by atoms with E-state index >= 15 is 0 Å². The van der Waals surface area contributed by atoms with Gasteiger partial charge in [-0.3, -0.25) is 9.20 Å². The molecule has 0 atom stereocenters. The van der Waals surface area contributed by atoms with Crippen LogP contribution in [0.4, 0.5) is 0 Å². The van der Waals surface area contributed by atoms with Crippen molar-refractivity contribution in [2.24, 2.45) is 0 Å². The topological polar surface area (TPSA) is 79.0 Å². The number of aromatic nitrogens is 3. The second-order valence-corrected chi connectivity index (χ2v) is 9.64. The van der Waals surface area contributed by atoms with Crippen LogP contribution in [0.25, 0.3) is 27.7 Å². The summed E-state index contributed by atoms with van der Waals surface area (Å²) in [7, 11) is 1.66. The summed E-state index contributed by atoms with van der Waals surface area (Å²) in [5.74, 6) is 1.93. The minimum Gasteiger partial charge on any atom is -0.491 e. The maximum absolute atomic E-state index is 13.0. The van der Waals surface area contributed by atoms with E-state index in [0.717, 1.165) is 52.7 Å². The fourth-order valence-electron chi connectivity index (χ4n) is 5.05. The zero-order valence-electron chi connectivity index (χ0n) is 20.2. The van der Waals surface area contributed by atoms with Crippen LogP contribution in [0.5, 0.6) is 5.75 Å². The van der Waals surface area contributed by atoms with E-state index in [1.165, 1.54) is 5.56 Å². The maximum Gasteiger partial charge on any atom is 0.283 e. The molecule has 8 nitrogen and oxygen atoms in total. The molecule has 0 unspecified atom stereocenters. The predicted octanol–water partition coefficient (Wildman–Crippen LogP) is 4.09. The average Bonchev–Trinajstić information content (AvgIpc) is 3.18. The Hall–Kier alpha value is -2.46. The molecular weight excluding hydrogens is 512 g/mol. The molecule has 0 bridgehead atoms. The van der Waals surface area contributed by atoms with Crippen LogP contribution in [-0.2, 0) is 16.0 Å². The van der Waals surface area contributed by atoms with Crippen molar-refractivity contribution >= 4 is 43.6 Å². The summed E-state index contributed by atoms with van der Waals surface area (Å²) >= 11 is 3.55. The Kier molecular flexibility index (Phi) is 7.38. The lowest BCUT2D eigenvalue weighted by atomic mass is 9.89. The van der Waals surface area contributed by atoms with Gasteiger partial charge in [-0.1, -0.05) is 6.07 Å². The summed E-state index contributed by atoms with van der Waals surface area (Å²) in [5.41, 5.74) is 3.85. The van der Waals surface area contributed by atoms with Crippen LogP contribution < -0.4 is 15.6 Å². The van der Waals surface area contributed by atoms with Gasteiger partial charge in [-0.25, -0.2) is 0 Å². The Labute approximate surface area is 212 Å². The highest BCUT2D eigenvalue weighted by molar-refractivity contribution is 9.10. The summed E-state index contributed by atoms with van der Waals surface area (Å²) < 4.78 is 22.0. The Bertz CT molecular complexity index is 1410. The molecule has 1 aliphatic heterocycles. The van der Waals surface area contributed by atoms with E-state index in [-0.39, 0.29) is 5.56 Å². The first kappa shape index (κ1) is 24.2. The van der Waals surface area contributed by atoms with Crippen LogP contribution in [-0.4, -0.2) is 60.6 Å². The molecule has 0 spiro atoms. The average molecular weight is 543 g/mol. The lowest BCUT2D eigenvalue weighted by Gasteiger charge is -2.25. The first-order valence-electron chi connectivity index (χ1n) is 12.2. The van der Waals surface area contributed by atoms with Crippen molar-refractivity contribution in [1.82, 2.24) is 19.3 Å². The molecule has 0 aliphatic carbocycles. The molecule has 1 fully saturated rings. The van der Waals surface area contributed by atoms with Crippen LogP contribution in [0.2, 0.25) is 0 Å². The van der Waals surface area contributed by atoms with Gasteiger partial charge in [-0.2, -0.15) is 4.98 Å². The first-order valence-corrected chi connectivity index (χ1v) is 13.0. The number of benzene rings is 2. The quantitative estimate of drug-likeness (QED) is 0.321. The van der Waals surface area contributed by atoms with Gasteiger partial charge >= 0.3 is 0 Å². The number of hydrogen-bond acceptors (Lipinski definition) is 6. The Morgan fingerprint density at radius 3 is 2.66 bits per heavy atom. The minimum absolute atomic E-state index is 0.228. The molecule has 0 amide bonds. The largest absolute Gasteiger partial charge is 0.491 e. The molecule has 35 heavy (non-hydrogen) atoms. The van der Waals surface area contributed by atoms with Gasteiger partial charge in [-0.05, 0) is 78.5 Å². The van der Waals surface area contributed by atoms with E-state index in [0.29, 0.717) is 50.1 Å². The summed E-state index contributed by atoms with van der Waals surface area (Å²) in [4.78, 5) is 17.5. The van der Waals surface area contributed by atoms with Crippen molar-refractivity contribution < 1.29 is 14.2 Å². The monoisotopic (exact) mass is 542 g/mol. The van der Waals surface area contributed by atoms with Crippen LogP contribution in [0, 0.1) is 0 Å². The molecule has 9 heteroatoms. The lowest BCUT2D eigenvalue weighted by Crippen LogP contribution is -2.27. The van der Waals surface area contributed by atoms with E-state index in [1.807, 2.05) is 18.2 Å². The van der Waals surface area contributed by atoms with Crippen molar-refractivity contribution in [3.8, 4) is 5.75 Å². The van der Waals surface area contributed by atoms with Crippen molar-refractivity contribution in [1.29, 1.82) is 0 Å². The highest BCUT2D eigenvalue weighted by atomic mass is 79.9. The van der Waals surface area contributed by atoms with E-state index in [1.54, 1.807) is 7.11 Å². The van der Waals surface area contributed by atoms with Gasteiger partial charge in [0.2, 0.25) is 5.78 Å². The van der Waals surface area contributed by atoms with Gasteiger partial charge in [0, 0.05) is 24.2 Å². The second kappa shape index (κ2) is 10.7. The number of methoxy groups -OCH3 is 1. The van der Waals surface area contributed by atoms with Gasteiger partial charge < -0.3 is 24.1 Å². The number of aryl methyl sites for hydroxylation is 1. The molecule has 3 heterocycles. The number of nitrogens with zero attached hydrogens (tertiary/aromatic N) is 3. The standard InChI is InChI=1S/C26H31BrN4O4/c1-3-30-21-15-18(17-7-9-28-10-8-17)23(35-14-13-34-12-11-33-2)16-22(21)31-20-6-4-5-19(27)24(20)25(32)29-26(30)31/h4-6,15-17,28H,3,7-14H2,1-2H3. The van der Waals surface area contributed by atoms with Gasteiger partial charge in [0.1, 0.15) is 12.4 Å². The molecule has 0 saturated carbocycles. The number of fused-ring (bicyclic) bond motifs is 5. The summed E-state index contributed by atoms with van der Waals surface area (Å²) in [5, 5.41) is 4.04. The van der Waals surface area contributed by atoms with Gasteiger partial charge in [-0.15, -0.1) is 0 Å². The third kappa shape index (κ3) is 4.58. The Morgan fingerprint density at radius 2 is 1.89 bits per heavy atom. The Morgan fingerprint density at radius 1 is 1.09 bits per heavy atom. The highest BCUT2D eigenvalue weighted by Gasteiger charge is 2.24. The SMILES string of the molecule is CCn1c2cc(C3CCNCC3)c(OCCOCCOC)cc2n2c3cccc(Br)c3c(=O)nc12. The number of piperidine rings is 1. The first-order chi connectivity index (χ1) is 17.1. The van der Waals surface area contributed by atoms with Crippen LogP contribution in [0.15, 0.2) is 39.6 Å². The van der Waals surface area contributed by atoms with E-state index in [9.17, 15) is 4.79 Å². The molecule has 1 aliphatic rings. The van der Waals surface area contributed by atoms with E-state index < -0.39 is 0 Å². The van der Waals surface area contributed by atoms with Crippen LogP contribution in [0.3, 0.4) is 0 Å². The van der Waals surface area contributed by atoms with Gasteiger partial charge in [0.25, 0.3) is 5.56 Å². The third-order valence-corrected chi connectivity index (χ3v) is 7.40. The Balaban J connectivity index is 1.68. The number of imidazole rings is 1. The third-order valence-electron chi connectivity index (χ3n) is 6.74. The van der Waals surface area contributed by atoms with Crippen LogP contribution in [0.1, 0.15) is 31.2 Å². The fraction of sp³-hybridized carbons (Fsp3) is 0.462. The number of hydrogen-bond donors (Lipinski definition) is 1. The number of halogens is 1. The van der Waals surface area contributed by atoms with Crippen molar-refractivity contribution in [3.63, 3.8) is 0 Å². The predicted molar refractivity (Wildman–Crippen MR) is 141 cm³/mol. The number of rotatable bonds is 9. The number of ether oxygens (including phenoxy) is 3. The zero-order valence-corrected chi connectivity index (χ0v) is 21.8. The van der Waals surface area contributed by atoms with Crippen molar-refractivity contribution in [2.45, 2.75) is 32.2 Å². The van der Waals surface area contributed by atoms with Crippen molar-refractivity contribution in [3.05, 3.63) is 50.7 Å². The molecule has 1 N–H and O–H groups in total. The number of nitrogens with one attached hydrogen (secondary N) is 1. The van der Waals surface area contributed by atoms with Gasteiger partial charge in [0.05, 0.1) is 41.8 Å². The zero-order chi connectivity index (χ0) is 24.4. The summed E-state index contributed by atoms with van der Waals surface area (Å²) in [6.07, 6.45) is 2.12. The van der Waals surface area contributed by atoms with Crippen molar-refractivity contribution in [2.75, 3.05) is 46.6 Å². The molecule has 2 aromatic carbocycles. The normalized spacial score (nSPS) is 14.9. The van der Waals surface area contributed by atoms with E-state index in [4.69, 9.17) is 14.2 Å². The fourth-order valence-corrected chi connectivity index (χ4v) is 5.58. The lowest BCUT2D eigenvalue weighted by molar-refractivity contribution is 0.0542. The maximum atomic E-state index is 13.0.